The Morgan fingerprint density at radius 1 is 0.952 bits per heavy atom. The van der Waals surface area contributed by atoms with E-state index in [1.54, 1.807) is 0 Å². The van der Waals surface area contributed by atoms with Crippen molar-refractivity contribution in [3.05, 3.63) is 53.4 Å². The topological polar surface area (TPSA) is 35.7 Å². The van der Waals surface area contributed by atoms with Gasteiger partial charge in [0.25, 0.3) is 0 Å². The number of allylic oxidation sites excluding steroid dienone is 2. The third kappa shape index (κ3) is 1.94. The molecule has 0 amide bonds. The van der Waals surface area contributed by atoms with Gasteiger partial charge in [-0.2, -0.15) is 0 Å². The Morgan fingerprint density at radius 3 is 1.86 bits per heavy atom. The highest BCUT2D eigenvalue weighted by Gasteiger charge is 2.46. The van der Waals surface area contributed by atoms with Gasteiger partial charge in [-0.05, 0) is 25.0 Å². The van der Waals surface area contributed by atoms with Gasteiger partial charge in [-0.3, -0.25) is 5.73 Å². The minimum Gasteiger partial charge on any atom is -0.378 e. The van der Waals surface area contributed by atoms with Gasteiger partial charge in [0, 0.05) is 39.4 Å². The lowest BCUT2D eigenvalue weighted by atomic mass is 10.1. The van der Waals surface area contributed by atoms with E-state index in [9.17, 15) is 0 Å². The molecule has 0 atom stereocenters. The van der Waals surface area contributed by atoms with E-state index in [-0.39, 0.29) is 0 Å². The molecule has 0 spiro atoms. The summed E-state index contributed by atoms with van der Waals surface area (Å²) in [6.07, 6.45) is 6.75. The van der Waals surface area contributed by atoms with Gasteiger partial charge >= 0.3 is 0 Å². The maximum absolute atomic E-state index is 6.81. The molecule has 112 valence electrons. The fourth-order valence-corrected chi connectivity index (χ4v) is 3.25. The van der Waals surface area contributed by atoms with Crippen LogP contribution in [0.25, 0.3) is 0 Å². The smallest absolute Gasteiger partial charge is 0.193 e. The number of anilines is 1. The Balaban J connectivity index is 2.03. The monoisotopic (exact) mass is 284 g/mol. The molecule has 2 aliphatic rings. The minimum atomic E-state index is -0.618. The third-order valence-corrected chi connectivity index (χ3v) is 4.66. The maximum Gasteiger partial charge on any atom is 0.193 e. The van der Waals surface area contributed by atoms with Crippen LogP contribution >= 0.6 is 0 Å². The molecule has 1 heterocycles. The van der Waals surface area contributed by atoms with E-state index in [2.05, 4.69) is 65.2 Å². The van der Waals surface area contributed by atoms with Crippen molar-refractivity contribution in [2.24, 2.45) is 5.73 Å². The van der Waals surface area contributed by atoms with E-state index in [4.69, 9.17) is 5.73 Å². The van der Waals surface area contributed by atoms with Crippen molar-refractivity contribution in [1.29, 1.82) is 0 Å². The molecule has 1 aliphatic heterocycles. The molecule has 3 rings (SSSR count). The van der Waals surface area contributed by atoms with E-state index < -0.39 is 5.79 Å². The normalized spacial score (nSPS) is 20.0. The molecule has 1 saturated heterocycles. The fourth-order valence-electron chi connectivity index (χ4n) is 3.25. The summed E-state index contributed by atoms with van der Waals surface area (Å²) in [5, 5.41) is 0. The molecule has 2 N–H and O–H groups in total. The second-order valence-electron chi connectivity index (χ2n) is 6.04. The van der Waals surface area contributed by atoms with Crippen molar-refractivity contribution >= 4 is 5.69 Å². The number of rotatable bonds is 2. The first-order valence-electron chi connectivity index (χ1n) is 7.41. The molecule has 4 heteroatoms. The average molecular weight is 284 g/mol. The predicted molar refractivity (Wildman–Crippen MR) is 87.6 cm³/mol. The van der Waals surface area contributed by atoms with Gasteiger partial charge in [-0.1, -0.05) is 24.3 Å². The number of nitrogens with two attached hydrogens (primary N) is 1. The molecule has 1 fully saturated rings. The number of benzene rings is 1. The molecule has 1 aliphatic carbocycles. The lowest BCUT2D eigenvalue weighted by Gasteiger charge is -2.38. The summed E-state index contributed by atoms with van der Waals surface area (Å²) in [4.78, 5) is 6.46. The average Bonchev–Trinajstić information content (AvgIpc) is 2.71. The van der Waals surface area contributed by atoms with Gasteiger partial charge in [0.1, 0.15) is 0 Å². The number of fused-ring (bicyclic) bond motifs is 1. The standard InChI is InChI=1S/C17H24N4/c1-19(2)14-11-9-13(10-12-14)17(18)20(3)15-7-5-6-8-16(15)21(17)4/h7-12H,5-6,18H2,1-4H3. The Hall–Kier alpha value is -1.94. The van der Waals surface area contributed by atoms with Gasteiger partial charge in [0.15, 0.2) is 5.79 Å². The van der Waals surface area contributed by atoms with Crippen LogP contribution in [0.5, 0.6) is 0 Å². The van der Waals surface area contributed by atoms with Gasteiger partial charge in [-0.25, -0.2) is 0 Å². The first-order chi connectivity index (χ1) is 9.96. The highest BCUT2D eigenvalue weighted by atomic mass is 15.5. The minimum absolute atomic E-state index is 0.618. The SMILES string of the molecule is CN(C)c1ccc(C2(N)N(C)C3=CCCC=C3N2C)cc1. The van der Waals surface area contributed by atoms with E-state index in [1.807, 2.05) is 14.1 Å². The first kappa shape index (κ1) is 14.0. The number of nitrogens with zero attached hydrogens (tertiary/aromatic N) is 3. The van der Waals surface area contributed by atoms with E-state index in [0.29, 0.717) is 0 Å². The maximum atomic E-state index is 6.81. The molecule has 0 radical (unpaired) electrons. The summed E-state index contributed by atoms with van der Waals surface area (Å²) in [7, 11) is 8.25. The summed E-state index contributed by atoms with van der Waals surface area (Å²) in [5.41, 5.74) is 11.6. The largest absolute Gasteiger partial charge is 0.378 e. The van der Waals surface area contributed by atoms with Crippen LogP contribution in [0.15, 0.2) is 47.8 Å². The Labute approximate surface area is 127 Å². The lowest BCUT2D eigenvalue weighted by Crippen LogP contribution is -2.54. The summed E-state index contributed by atoms with van der Waals surface area (Å²) in [5.74, 6) is -0.618. The van der Waals surface area contributed by atoms with Crippen LogP contribution in [0.2, 0.25) is 0 Å². The van der Waals surface area contributed by atoms with Crippen molar-refractivity contribution in [2.75, 3.05) is 33.1 Å². The van der Waals surface area contributed by atoms with Crippen LogP contribution < -0.4 is 10.6 Å². The van der Waals surface area contributed by atoms with Crippen LogP contribution in [-0.2, 0) is 5.79 Å². The molecule has 21 heavy (non-hydrogen) atoms. The van der Waals surface area contributed by atoms with E-state index in [0.717, 1.165) is 18.4 Å². The number of hydrogen-bond donors (Lipinski definition) is 1. The molecule has 0 unspecified atom stereocenters. The van der Waals surface area contributed by atoms with Crippen LogP contribution in [0.3, 0.4) is 0 Å². The second kappa shape index (κ2) is 4.81. The van der Waals surface area contributed by atoms with Crippen LogP contribution in [-0.4, -0.2) is 38.0 Å². The molecule has 0 aromatic heterocycles. The zero-order valence-corrected chi connectivity index (χ0v) is 13.3. The van der Waals surface area contributed by atoms with Crippen LogP contribution in [0.1, 0.15) is 18.4 Å². The molecular weight excluding hydrogens is 260 g/mol. The highest BCUT2D eigenvalue weighted by molar-refractivity contribution is 5.49. The molecule has 0 bridgehead atoms. The van der Waals surface area contributed by atoms with Gasteiger partial charge < -0.3 is 14.7 Å². The highest BCUT2D eigenvalue weighted by Crippen LogP contribution is 2.43. The Kier molecular flexibility index (Phi) is 3.21. The van der Waals surface area contributed by atoms with E-state index in [1.165, 1.54) is 17.1 Å². The van der Waals surface area contributed by atoms with Crippen LogP contribution in [0, 0.1) is 0 Å². The van der Waals surface area contributed by atoms with Gasteiger partial charge in [-0.15, -0.1) is 0 Å². The van der Waals surface area contributed by atoms with Crippen molar-refractivity contribution < 1.29 is 0 Å². The summed E-state index contributed by atoms with van der Waals surface area (Å²) in [6.45, 7) is 0. The molecular formula is C17H24N4. The third-order valence-electron chi connectivity index (χ3n) is 4.66. The van der Waals surface area contributed by atoms with Crippen LogP contribution in [0.4, 0.5) is 5.69 Å². The Bertz CT molecular complexity index is 572. The zero-order chi connectivity index (χ0) is 15.2. The molecule has 1 aromatic rings. The second-order valence-corrected chi connectivity index (χ2v) is 6.04. The molecule has 1 aromatic carbocycles. The van der Waals surface area contributed by atoms with Crippen molar-refractivity contribution in [2.45, 2.75) is 18.6 Å². The lowest BCUT2D eigenvalue weighted by molar-refractivity contribution is 0.0702. The Morgan fingerprint density at radius 2 is 1.43 bits per heavy atom. The van der Waals surface area contributed by atoms with E-state index >= 15 is 0 Å². The summed E-state index contributed by atoms with van der Waals surface area (Å²) < 4.78 is 0. The summed E-state index contributed by atoms with van der Waals surface area (Å²) >= 11 is 0. The quantitative estimate of drug-likeness (QED) is 0.903. The predicted octanol–water partition coefficient (Wildman–Crippen LogP) is 2.26. The summed E-state index contributed by atoms with van der Waals surface area (Å²) in [6, 6.07) is 8.49. The van der Waals surface area contributed by atoms with Gasteiger partial charge in [0.05, 0.1) is 11.4 Å². The van der Waals surface area contributed by atoms with Crippen molar-refractivity contribution in [1.82, 2.24) is 9.80 Å². The molecule has 4 nitrogen and oxygen atoms in total. The zero-order valence-electron chi connectivity index (χ0n) is 13.3. The van der Waals surface area contributed by atoms with Gasteiger partial charge in [0.2, 0.25) is 0 Å². The fraction of sp³-hybridized carbons (Fsp3) is 0.412. The first-order valence-corrected chi connectivity index (χ1v) is 7.41. The van der Waals surface area contributed by atoms with Crippen molar-refractivity contribution in [3.8, 4) is 0 Å². The molecule has 0 saturated carbocycles. The van der Waals surface area contributed by atoms with Crippen molar-refractivity contribution in [3.63, 3.8) is 0 Å². The number of likely N-dealkylation sites (N-methyl/N-ethyl adjacent to an activating group) is 2. The number of hydrogen-bond acceptors (Lipinski definition) is 4.